The summed E-state index contributed by atoms with van der Waals surface area (Å²) in [5.41, 5.74) is 6.48. The topological polar surface area (TPSA) is 84.1 Å². The van der Waals surface area contributed by atoms with Crippen LogP contribution in [0, 0.1) is 11.6 Å². The van der Waals surface area contributed by atoms with Crippen LogP contribution in [0.5, 0.6) is 0 Å². The molecule has 1 atom stereocenters. The van der Waals surface area contributed by atoms with Crippen LogP contribution in [0.4, 0.5) is 19.5 Å². The summed E-state index contributed by atoms with van der Waals surface area (Å²) in [5, 5.41) is 5.24. The van der Waals surface area contributed by atoms with Gasteiger partial charge in [-0.2, -0.15) is 4.37 Å². The summed E-state index contributed by atoms with van der Waals surface area (Å²) in [4.78, 5) is 18.8. The highest BCUT2D eigenvalue weighted by molar-refractivity contribution is 7.13. The Bertz CT molecular complexity index is 985. The zero-order valence-corrected chi connectivity index (χ0v) is 16.3. The first-order valence-electron chi connectivity index (χ1n) is 8.69. The Morgan fingerprint density at radius 2 is 2.11 bits per heavy atom. The Morgan fingerprint density at radius 3 is 2.86 bits per heavy atom. The number of hydrogen-bond acceptors (Lipinski definition) is 7. The third kappa shape index (κ3) is 3.75. The third-order valence-electron chi connectivity index (χ3n) is 4.46. The largest absolute Gasteiger partial charge is 0.359 e. The summed E-state index contributed by atoms with van der Waals surface area (Å²) >= 11 is 2.30. The lowest BCUT2D eigenvalue weighted by atomic mass is 10.1. The molecule has 1 fully saturated rings. The van der Waals surface area contributed by atoms with E-state index in [1.807, 2.05) is 0 Å². The van der Waals surface area contributed by atoms with E-state index in [1.54, 1.807) is 6.20 Å². The lowest BCUT2D eigenvalue weighted by Gasteiger charge is -2.31. The van der Waals surface area contributed by atoms with E-state index in [9.17, 15) is 13.6 Å². The first-order chi connectivity index (χ1) is 13.5. The Labute approximate surface area is 168 Å². The molecule has 0 spiro atoms. The molecule has 3 N–H and O–H groups in total. The summed E-state index contributed by atoms with van der Waals surface area (Å²) in [5.74, 6) is -1.89. The molecule has 3 aromatic rings. The second-order valence-corrected chi connectivity index (χ2v) is 8.12. The molecule has 1 aliphatic rings. The monoisotopic (exact) mass is 421 g/mol. The second kappa shape index (κ2) is 7.90. The zero-order chi connectivity index (χ0) is 19.7. The van der Waals surface area contributed by atoms with E-state index in [0.29, 0.717) is 12.2 Å². The number of anilines is 2. The van der Waals surface area contributed by atoms with Crippen molar-refractivity contribution in [1.82, 2.24) is 9.36 Å². The molecule has 0 radical (unpaired) electrons. The van der Waals surface area contributed by atoms with Crippen LogP contribution in [0.25, 0.3) is 10.6 Å². The standard InChI is InChI=1S/C18H17F2N5OS2/c19-11-4-1-5-12(20)15(11)17-24-14(9-27-17)16(26)23-13-7-22-28-18(13)25-6-2-3-10(21)8-25/h1,4-5,7,9-10H,2-3,6,8,21H2,(H,23,26). The predicted molar refractivity (Wildman–Crippen MR) is 107 cm³/mol. The summed E-state index contributed by atoms with van der Waals surface area (Å²) < 4.78 is 32.1. The molecule has 3 heterocycles. The van der Waals surface area contributed by atoms with E-state index in [1.165, 1.54) is 23.0 Å². The Kier molecular flexibility index (Phi) is 5.33. The number of benzene rings is 1. The zero-order valence-electron chi connectivity index (χ0n) is 14.7. The van der Waals surface area contributed by atoms with Crippen LogP contribution < -0.4 is 16.0 Å². The maximum absolute atomic E-state index is 13.9. The molecule has 1 aromatic carbocycles. The molecule has 146 valence electrons. The molecular formula is C18H17F2N5OS2. The van der Waals surface area contributed by atoms with Gasteiger partial charge in [0.15, 0.2) is 0 Å². The second-order valence-electron chi connectivity index (χ2n) is 6.48. The molecule has 10 heteroatoms. The third-order valence-corrected chi connectivity index (χ3v) is 6.18. The van der Waals surface area contributed by atoms with Gasteiger partial charge in [0, 0.05) is 24.5 Å². The molecule has 28 heavy (non-hydrogen) atoms. The molecule has 1 saturated heterocycles. The van der Waals surface area contributed by atoms with E-state index in [-0.39, 0.29) is 22.3 Å². The fourth-order valence-electron chi connectivity index (χ4n) is 3.12. The normalized spacial score (nSPS) is 17.0. The number of carbonyl (C=O) groups is 1. The average molecular weight is 421 g/mol. The maximum atomic E-state index is 13.9. The number of nitrogens with two attached hydrogens (primary N) is 1. The SMILES string of the molecule is NC1CCCN(c2sncc2NC(=O)c2csc(-c3c(F)cccc3F)n2)C1. The molecule has 1 unspecified atom stereocenters. The quantitative estimate of drug-likeness (QED) is 0.671. The van der Waals surface area contributed by atoms with Gasteiger partial charge in [-0.3, -0.25) is 4.79 Å². The number of carbonyl (C=O) groups excluding carboxylic acids is 1. The Hall–Kier alpha value is -2.43. The highest BCUT2D eigenvalue weighted by Crippen LogP contribution is 2.33. The highest BCUT2D eigenvalue weighted by Gasteiger charge is 2.23. The Morgan fingerprint density at radius 1 is 1.32 bits per heavy atom. The number of aromatic nitrogens is 2. The number of halogens is 2. The molecule has 0 aliphatic carbocycles. The van der Waals surface area contributed by atoms with Crippen molar-refractivity contribution in [3.05, 3.63) is 47.1 Å². The van der Waals surface area contributed by atoms with Gasteiger partial charge < -0.3 is 16.0 Å². The lowest BCUT2D eigenvalue weighted by molar-refractivity contribution is 0.102. The minimum absolute atomic E-state index is 0.0927. The minimum Gasteiger partial charge on any atom is -0.359 e. The van der Waals surface area contributed by atoms with Crippen LogP contribution in [-0.2, 0) is 0 Å². The predicted octanol–water partition coefficient (Wildman–Crippen LogP) is 3.72. The van der Waals surface area contributed by atoms with Gasteiger partial charge >= 0.3 is 0 Å². The van der Waals surface area contributed by atoms with Crippen LogP contribution >= 0.6 is 22.9 Å². The van der Waals surface area contributed by atoms with Crippen molar-refractivity contribution in [2.24, 2.45) is 5.73 Å². The summed E-state index contributed by atoms with van der Waals surface area (Å²) in [7, 11) is 0. The number of nitrogens with zero attached hydrogens (tertiary/aromatic N) is 3. The van der Waals surface area contributed by atoms with Crippen LogP contribution in [0.15, 0.2) is 29.8 Å². The van der Waals surface area contributed by atoms with Crippen LogP contribution in [0.2, 0.25) is 0 Å². The van der Waals surface area contributed by atoms with Crippen LogP contribution in [-0.4, -0.2) is 34.4 Å². The molecule has 0 bridgehead atoms. The van der Waals surface area contributed by atoms with Gasteiger partial charge in [0.05, 0.1) is 17.4 Å². The number of rotatable bonds is 4. The number of amides is 1. The molecule has 4 rings (SSSR count). The van der Waals surface area contributed by atoms with E-state index in [2.05, 4.69) is 19.6 Å². The number of hydrogen-bond donors (Lipinski definition) is 2. The molecule has 1 aliphatic heterocycles. The van der Waals surface area contributed by atoms with Crippen molar-refractivity contribution >= 4 is 39.5 Å². The van der Waals surface area contributed by atoms with Crippen molar-refractivity contribution in [2.75, 3.05) is 23.3 Å². The summed E-state index contributed by atoms with van der Waals surface area (Å²) in [6.07, 6.45) is 3.54. The maximum Gasteiger partial charge on any atom is 0.275 e. The number of thiazole rings is 1. The number of nitrogens with one attached hydrogen (secondary N) is 1. The van der Waals surface area contributed by atoms with Crippen molar-refractivity contribution in [2.45, 2.75) is 18.9 Å². The summed E-state index contributed by atoms with van der Waals surface area (Å²) in [6.45, 7) is 1.56. The smallest absolute Gasteiger partial charge is 0.275 e. The fraction of sp³-hybridized carbons (Fsp3) is 0.278. The highest BCUT2D eigenvalue weighted by atomic mass is 32.1. The van der Waals surface area contributed by atoms with E-state index < -0.39 is 17.5 Å². The van der Waals surface area contributed by atoms with Gasteiger partial charge in [0.1, 0.15) is 27.3 Å². The molecule has 0 saturated carbocycles. The van der Waals surface area contributed by atoms with Crippen molar-refractivity contribution in [1.29, 1.82) is 0 Å². The minimum atomic E-state index is -0.716. The van der Waals surface area contributed by atoms with Crippen LogP contribution in [0.1, 0.15) is 23.3 Å². The van der Waals surface area contributed by atoms with Gasteiger partial charge in [-0.25, -0.2) is 13.8 Å². The molecule has 6 nitrogen and oxygen atoms in total. The van der Waals surface area contributed by atoms with Gasteiger partial charge in [-0.05, 0) is 36.5 Å². The fourth-order valence-corrected chi connectivity index (χ4v) is 4.71. The van der Waals surface area contributed by atoms with Crippen LogP contribution in [0.3, 0.4) is 0 Å². The van der Waals surface area contributed by atoms with Gasteiger partial charge in [0.25, 0.3) is 5.91 Å². The first kappa shape index (κ1) is 18.9. The molecule has 1 amide bonds. The molecule has 2 aromatic heterocycles. The first-order valence-corrected chi connectivity index (χ1v) is 10.3. The van der Waals surface area contributed by atoms with E-state index in [0.717, 1.165) is 47.9 Å². The van der Waals surface area contributed by atoms with E-state index in [4.69, 9.17) is 5.73 Å². The summed E-state index contributed by atoms with van der Waals surface area (Å²) in [6, 6.07) is 3.70. The van der Waals surface area contributed by atoms with Crippen molar-refractivity contribution in [3.8, 4) is 10.6 Å². The lowest BCUT2D eigenvalue weighted by Crippen LogP contribution is -2.42. The van der Waals surface area contributed by atoms with E-state index >= 15 is 0 Å². The van der Waals surface area contributed by atoms with Crippen molar-refractivity contribution < 1.29 is 13.6 Å². The van der Waals surface area contributed by atoms with Gasteiger partial charge in [-0.1, -0.05) is 6.07 Å². The van der Waals surface area contributed by atoms with Gasteiger partial charge in [0.2, 0.25) is 0 Å². The molecular weight excluding hydrogens is 404 g/mol. The van der Waals surface area contributed by atoms with Crippen molar-refractivity contribution in [3.63, 3.8) is 0 Å². The Balaban J connectivity index is 1.53. The number of piperidine rings is 1. The average Bonchev–Trinajstić information content (AvgIpc) is 3.31. The van der Waals surface area contributed by atoms with Gasteiger partial charge in [-0.15, -0.1) is 11.3 Å².